The van der Waals surface area contributed by atoms with Crippen LogP contribution in [0.3, 0.4) is 0 Å². The molecular weight excluding hydrogens is 543 g/mol. The summed E-state index contributed by atoms with van der Waals surface area (Å²) < 4.78 is 55.5. The highest BCUT2D eigenvalue weighted by Crippen LogP contribution is 2.33. The number of amides is 2. The summed E-state index contributed by atoms with van der Waals surface area (Å²) in [6.07, 6.45) is -1.85. The lowest BCUT2D eigenvalue weighted by molar-refractivity contribution is -0.274. The van der Waals surface area contributed by atoms with Crippen molar-refractivity contribution in [2.75, 3.05) is 13.2 Å². The quantitative estimate of drug-likeness (QED) is 0.317. The second-order valence-corrected chi connectivity index (χ2v) is 9.01. The number of carbonyl (C=O) groups excluding carboxylic acids is 2. The number of para-hydroxylation sites is 1. The lowest BCUT2D eigenvalue weighted by atomic mass is 9.97. The Hall–Kier alpha value is -4.75. The number of carbonyl (C=O) groups is 2. The van der Waals surface area contributed by atoms with Crippen LogP contribution in [0.15, 0.2) is 85.2 Å². The molecule has 10 nitrogen and oxygen atoms in total. The van der Waals surface area contributed by atoms with E-state index in [1.807, 2.05) is 30.3 Å². The summed E-state index contributed by atoms with van der Waals surface area (Å²) >= 11 is 0. The number of rotatable bonds is 9. The largest absolute Gasteiger partial charge is 0.573 e. The molecule has 5 rings (SSSR count). The number of ether oxygens (including phenoxy) is 3. The molecule has 1 fully saturated rings. The smallest absolute Gasteiger partial charge is 0.405 e. The van der Waals surface area contributed by atoms with Crippen LogP contribution in [0.5, 0.6) is 5.75 Å². The maximum atomic E-state index is 13.6. The zero-order valence-corrected chi connectivity index (χ0v) is 21.4. The van der Waals surface area contributed by atoms with Gasteiger partial charge in [-0.1, -0.05) is 42.5 Å². The van der Waals surface area contributed by atoms with E-state index >= 15 is 0 Å². The van der Waals surface area contributed by atoms with Gasteiger partial charge in [0.05, 0.1) is 30.5 Å². The van der Waals surface area contributed by atoms with E-state index in [0.717, 1.165) is 5.56 Å². The van der Waals surface area contributed by atoms with Gasteiger partial charge in [0, 0.05) is 18.0 Å². The minimum atomic E-state index is -4.89. The van der Waals surface area contributed by atoms with Crippen molar-refractivity contribution in [3.8, 4) is 22.8 Å². The van der Waals surface area contributed by atoms with Crippen LogP contribution < -0.4 is 15.8 Å². The zero-order chi connectivity index (χ0) is 29.0. The van der Waals surface area contributed by atoms with Crippen LogP contribution >= 0.6 is 0 Å². The van der Waals surface area contributed by atoms with Gasteiger partial charge in [-0.15, -0.1) is 13.2 Å². The molecule has 1 saturated heterocycles. The van der Waals surface area contributed by atoms with Gasteiger partial charge in [-0.3, -0.25) is 9.59 Å². The van der Waals surface area contributed by atoms with Crippen LogP contribution in [0.4, 0.5) is 13.2 Å². The van der Waals surface area contributed by atoms with Crippen LogP contribution in [-0.2, 0) is 20.7 Å². The Balaban J connectivity index is 1.46. The minimum absolute atomic E-state index is 0.0673. The fraction of sp³-hybridized carbons (Fsp3) is 0.214. The lowest BCUT2D eigenvalue weighted by Crippen LogP contribution is -2.61. The minimum Gasteiger partial charge on any atom is -0.405 e. The monoisotopic (exact) mass is 567 g/mol. The summed E-state index contributed by atoms with van der Waals surface area (Å²) in [7, 11) is 0. The first-order valence-corrected chi connectivity index (χ1v) is 12.4. The highest BCUT2D eigenvalue weighted by atomic mass is 19.4. The molecule has 212 valence electrons. The van der Waals surface area contributed by atoms with Crippen LogP contribution in [0.1, 0.15) is 15.9 Å². The van der Waals surface area contributed by atoms with Crippen molar-refractivity contribution in [2.24, 2.45) is 5.73 Å². The van der Waals surface area contributed by atoms with Gasteiger partial charge in [-0.05, 0) is 42.3 Å². The number of benzene rings is 2. The van der Waals surface area contributed by atoms with Gasteiger partial charge in [0.1, 0.15) is 5.75 Å². The highest BCUT2D eigenvalue weighted by Gasteiger charge is 2.51. The van der Waals surface area contributed by atoms with Gasteiger partial charge in [-0.25, -0.2) is 9.67 Å². The number of alkyl halides is 3. The molecule has 0 aliphatic carbocycles. The van der Waals surface area contributed by atoms with Gasteiger partial charge >= 0.3 is 6.36 Å². The Morgan fingerprint density at radius 1 is 1.02 bits per heavy atom. The third-order valence-electron chi connectivity index (χ3n) is 6.33. The number of hydrogen-bond acceptors (Lipinski definition) is 7. The maximum Gasteiger partial charge on any atom is 0.573 e. The van der Waals surface area contributed by atoms with E-state index in [1.165, 1.54) is 53.5 Å². The number of pyridine rings is 1. The molecule has 2 aromatic carbocycles. The first-order valence-electron chi connectivity index (χ1n) is 12.4. The Kier molecular flexibility index (Phi) is 7.72. The topological polar surface area (TPSA) is 131 Å². The molecule has 0 radical (unpaired) electrons. The first-order chi connectivity index (χ1) is 19.7. The van der Waals surface area contributed by atoms with E-state index in [-0.39, 0.29) is 42.3 Å². The van der Waals surface area contributed by atoms with E-state index in [1.54, 1.807) is 6.07 Å². The van der Waals surface area contributed by atoms with Gasteiger partial charge in [0.25, 0.3) is 17.6 Å². The second kappa shape index (κ2) is 11.4. The number of nitrogens with one attached hydrogen (secondary N) is 1. The van der Waals surface area contributed by atoms with Crippen molar-refractivity contribution in [3.05, 3.63) is 96.3 Å². The summed E-state index contributed by atoms with van der Waals surface area (Å²) in [6, 6.07) is 18.2. The van der Waals surface area contributed by atoms with Crippen LogP contribution in [0, 0.1) is 0 Å². The third kappa shape index (κ3) is 6.05. The van der Waals surface area contributed by atoms with Crippen molar-refractivity contribution < 1.29 is 37.0 Å². The van der Waals surface area contributed by atoms with E-state index in [0.29, 0.717) is 0 Å². The van der Waals surface area contributed by atoms with Gasteiger partial charge in [0.2, 0.25) is 0 Å². The number of hydrogen-bond donors (Lipinski definition) is 2. The van der Waals surface area contributed by atoms with Crippen LogP contribution in [0.25, 0.3) is 17.1 Å². The third-order valence-corrected chi connectivity index (χ3v) is 6.33. The number of aromatic nitrogens is 3. The highest BCUT2D eigenvalue weighted by molar-refractivity contribution is 5.98. The second-order valence-electron chi connectivity index (χ2n) is 9.01. The average Bonchev–Trinajstić information content (AvgIpc) is 3.64. The molecule has 3 N–H and O–H groups in total. The Labute approximate surface area is 231 Å². The molecule has 41 heavy (non-hydrogen) atoms. The standard InChI is InChI=1S/C28H24F3N5O5/c29-28(30,31)41-22-11-5-4-9-19(22)21-12-14-36(35-21)24-20(10-6-13-33-24)25(37)34-23(17-18-7-2-1-3-8-18)27(26(32)38)39-15-16-40-27/h1-14,23H,15-17H2,(H2,32,38)(H,34,37). The number of nitrogens with two attached hydrogens (primary N) is 1. The van der Waals surface area contributed by atoms with Crippen molar-refractivity contribution in [2.45, 2.75) is 24.6 Å². The Morgan fingerprint density at radius 3 is 2.44 bits per heavy atom. The van der Waals surface area contributed by atoms with Gasteiger partial charge < -0.3 is 25.3 Å². The molecule has 2 amide bonds. The molecule has 4 aromatic rings. The molecule has 1 atom stereocenters. The molecule has 2 aromatic heterocycles. The van der Waals surface area contributed by atoms with E-state index in [9.17, 15) is 22.8 Å². The molecule has 0 saturated carbocycles. The molecule has 1 aliphatic rings. The van der Waals surface area contributed by atoms with E-state index in [4.69, 9.17) is 15.2 Å². The summed E-state index contributed by atoms with van der Waals surface area (Å²) in [5, 5.41) is 7.17. The molecule has 0 bridgehead atoms. The predicted octanol–water partition coefficient (Wildman–Crippen LogP) is 3.40. The van der Waals surface area contributed by atoms with E-state index in [2.05, 4.69) is 20.1 Å². The van der Waals surface area contributed by atoms with Crippen molar-refractivity contribution in [1.29, 1.82) is 0 Å². The normalized spacial score (nSPS) is 15.3. The Morgan fingerprint density at radius 2 is 1.73 bits per heavy atom. The summed E-state index contributed by atoms with van der Waals surface area (Å²) in [6.45, 7) is 0.218. The van der Waals surface area contributed by atoms with Crippen LogP contribution in [0.2, 0.25) is 0 Å². The molecule has 1 unspecified atom stereocenters. The number of primary amides is 1. The van der Waals surface area contributed by atoms with E-state index < -0.39 is 35.8 Å². The number of nitrogens with zero attached hydrogens (tertiary/aromatic N) is 3. The first kappa shape index (κ1) is 27.8. The van der Waals surface area contributed by atoms with Gasteiger partial charge in [0.15, 0.2) is 5.82 Å². The molecule has 0 spiro atoms. The predicted molar refractivity (Wildman–Crippen MR) is 139 cm³/mol. The van der Waals surface area contributed by atoms with Crippen molar-refractivity contribution in [1.82, 2.24) is 20.1 Å². The summed E-state index contributed by atoms with van der Waals surface area (Å²) in [4.78, 5) is 30.4. The number of halogens is 3. The summed E-state index contributed by atoms with van der Waals surface area (Å²) in [5.74, 6) is -3.76. The molecule has 13 heteroatoms. The fourth-order valence-corrected chi connectivity index (χ4v) is 4.54. The van der Waals surface area contributed by atoms with Crippen LogP contribution in [-0.4, -0.2) is 58.0 Å². The zero-order valence-electron chi connectivity index (χ0n) is 21.4. The Bertz CT molecular complexity index is 1540. The summed E-state index contributed by atoms with van der Waals surface area (Å²) in [5.41, 5.74) is 6.79. The SMILES string of the molecule is NC(=O)C1(C(Cc2ccccc2)NC(=O)c2cccnc2-n2ccc(-c3ccccc3OC(F)(F)F)n2)OCCO1. The van der Waals surface area contributed by atoms with Crippen molar-refractivity contribution in [3.63, 3.8) is 0 Å². The fourth-order valence-electron chi connectivity index (χ4n) is 4.54. The maximum absolute atomic E-state index is 13.6. The van der Waals surface area contributed by atoms with Crippen molar-refractivity contribution >= 4 is 11.8 Å². The molecular formula is C28H24F3N5O5. The lowest BCUT2D eigenvalue weighted by Gasteiger charge is -2.33. The molecule has 1 aliphatic heterocycles. The van der Waals surface area contributed by atoms with Gasteiger partial charge in [-0.2, -0.15) is 5.10 Å². The molecule has 3 heterocycles. The average molecular weight is 568 g/mol.